The maximum Gasteiger partial charge on any atom is 0.222 e. The first kappa shape index (κ1) is 18.2. The van der Waals surface area contributed by atoms with Crippen LogP contribution < -0.4 is 9.47 Å². The third-order valence-electron chi connectivity index (χ3n) is 4.57. The second-order valence-electron chi connectivity index (χ2n) is 6.32. The average Bonchev–Trinajstić information content (AvgIpc) is 3.21. The molecule has 0 spiro atoms. The number of para-hydroxylation sites is 2. The lowest BCUT2D eigenvalue weighted by atomic mass is 10.0. The molecule has 7 heteroatoms. The Morgan fingerprint density at radius 2 is 1.92 bits per heavy atom. The minimum atomic E-state index is 0.198. The van der Waals surface area contributed by atoms with Gasteiger partial charge in [0.1, 0.15) is 12.7 Å². The van der Waals surface area contributed by atoms with Crippen molar-refractivity contribution < 1.29 is 14.3 Å². The Balaban J connectivity index is 1.37. The van der Waals surface area contributed by atoms with Crippen LogP contribution in [-0.4, -0.2) is 51.9 Å². The van der Waals surface area contributed by atoms with Crippen molar-refractivity contribution in [2.75, 3.05) is 26.3 Å². The van der Waals surface area contributed by atoms with E-state index in [0.717, 1.165) is 37.4 Å². The fraction of sp³-hybridized carbons (Fsp3) is 0.526. The Labute approximate surface area is 153 Å². The number of hydrogen-bond donors (Lipinski definition) is 0. The maximum atomic E-state index is 12.4. The van der Waals surface area contributed by atoms with Crippen LogP contribution >= 0.6 is 0 Å². The lowest BCUT2D eigenvalue weighted by molar-refractivity contribution is -0.132. The van der Waals surface area contributed by atoms with Crippen LogP contribution in [-0.2, 0) is 4.79 Å². The highest BCUT2D eigenvalue weighted by molar-refractivity contribution is 5.76. The summed E-state index contributed by atoms with van der Waals surface area (Å²) in [5, 5.41) is 4.19. The van der Waals surface area contributed by atoms with Gasteiger partial charge in [-0.25, -0.2) is 9.67 Å². The van der Waals surface area contributed by atoms with Gasteiger partial charge < -0.3 is 14.4 Å². The number of carbonyl (C=O) groups is 1. The SMILES string of the molecule is CCOc1ccccc1OCCCC(=O)N1CCC(n2cncn2)CC1. The third kappa shape index (κ3) is 4.74. The van der Waals surface area contributed by atoms with Crippen LogP contribution in [0.25, 0.3) is 0 Å². The number of likely N-dealkylation sites (tertiary alicyclic amines) is 1. The Morgan fingerprint density at radius 1 is 1.19 bits per heavy atom. The van der Waals surface area contributed by atoms with Gasteiger partial charge >= 0.3 is 0 Å². The Kier molecular flexibility index (Phi) is 6.46. The van der Waals surface area contributed by atoms with Crippen LogP contribution in [0.15, 0.2) is 36.9 Å². The van der Waals surface area contributed by atoms with E-state index < -0.39 is 0 Å². The van der Waals surface area contributed by atoms with E-state index in [0.29, 0.717) is 32.1 Å². The lowest BCUT2D eigenvalue weighted by Crippen LogP contribution is -2.39. The zero-order valence-electron chi connectivity index (χ0n) is 15.2. The van der Waals surface area contributed by atoms with E-state index in [2.05, 4.69) is 10.1 Å². The lowest BCUT2D eigenvalue weighted by Gasteiger charge is -2.32. The summed E-state index contributed by atoms with van der Waals surface area (Å²) in [7, 11) is 0. The molecule has 3 rings (SSSR count). The molecule has 1 fully saturated rings. The van der Waals surface area contributed by atoms with Gasteiger partial charge in [-0.1, -0.05) is 12.1 Å². The number of amides is 1. The minimum Gasteiger partial charge on any atom is -0.490 e. The molecule has 26 heavy (non-hydrogen) atoms. The van der Waals surface area contributed by atoms with E-state index >= 15 is 0 Å². The summed E-state index contributed by atoms with van der Waals surface area (Å²) in [6.45, 7) is 4.60. The summed E-state index contributed by atoms with van der Waals surface area (Å²) in [4.78, 5) is 18.3. The molecular weight excluding hydrogens is 332 g/mol. The number of hydrogen-bond acceptors (Lipinski definition) is 5. The van der Waals surface area contributed by atoms with Crippen molar-refractivity contribution >= 4 is 5.91 Å². The number of ether oxygens (including phenoxy) is 2. The second-order valence-corrected chi connectivity index (χ2v) is 6.32. The molecule has 2 aromatic rings. The first-order chi connectivity index (χ1) is 12.8. The number of benzene rings is 1. The molecule has 1 aromatic carbocycles. The normalized spacial score (nSPS) is 15.0. The molecule has 0 N–H and O–H groups in total. The second kappa shape index (κ2) is 9.22. The van der Waals surface area contributed by atoms with Gasteiger partial charge in [0.25, 0.3) is 0 Å². The summed E-state index contributed by atoms with van der Waals surface area (Å²) in [5.41, 5.74) is 0. The van der Waals surface area contributed by atoms with Crippen LogP contribution in [0.2, 0.25) is 0 Å². The van der Waals surface area contributed by atoms with Crippen LogP contribution in [0.4, 0.5) is 0 Å². The summed E-state index contributed by atoms with van der Waals surface area (Å²) in [5.74, 6) is 1.68. The third-order valence-corrected chi connectivity index (χ3v) is 4.57. The van der Waals surface area contributed by atoms with Crippen molar-refractivity contribution in [3.8, 4) is 11.5 Å². The Morgan fingerprint density at radius 3 is 2.58 bits per heavy atom. The van der Waals surface area contributed by atoms with Gasteiger partial charge in [-0.3, -0.25) is 4.79 Å². The predicted octanol–water partition coefficient (Wildman–Crippen LogP) is 2.70. The van der Waals surface area contributed by atoms with Gasteiger partial charge in [0.05, 0.1) is 19.3 Å². The monoisotopic (exact) mass is 358 g/mol. The topological polar surface area (TPSA) is 69.5 Å². The van der Waals surface area contributed by atoms with Gasteiger partial charge in [-0.2, -0.15) is 5.10 Å². The molecular formula is C19H26N4O3. The van der Waals surface area contributed by atoms with Crippen LogP contribution in [0.3, 0.4) is 0 Å². The van der Waals surface area contributed by atoms with Crippen LogP contribution in [0, 0.1) is 0 Å². The molecule has 1 amide bonds. The largest absolute Gasteiger partial charge is 0.490 e. The zero-order chi connectivity index (χ0) is 18.2. The summed E-state index contributed by atoms with van der Waals surface area (Å²) >= 11 is 0. The number of rotatable bonds is 8. The van der Waals surface area contributed by atoms with Gasteiger partial charge in [-0.15, -0.1) is 0 Å². The van der Waals surface area contributed by atoms with Crippen molar-refractivity contribution in [2.45, 2.75) is 38.6 Å². The van der Waals surface area contributed by atoms with Crippen molar-refractivity contribution in [1.29, 1.82) is 0 Å². The van der Waals surface area contributed by atoms with Crippen molar-refractivity contribution in [3.63, 3.8) is 0 Å². The van der Waals surface area contributed by atoms with E-state index in [9.17, 15) is 4.79 Å². The fourth-order valence-corrected chi connectivity index (χ4v) is 3.19. The molecule has 1 saturated heterocycles. The quantitative estimate of drug-likeness (QED) is 0.679. The standard InChI is InChI=1S/C19H26N4O3/c1-2-25-17-6-3-4-7-18(17)26-13-5-8-19(24)22-11-9-16(10-12-22)23-15-20-14-21-23/h3-4,6-7,14-16H,2,5,8-13H2,1H3. The molecule has 140 valence electrons. The molecule has 0 bridgehead atoms. The molecule has 2 heterocycles. The predicted molar refractivity (Wildman–Crippen MR) is 97.2 cm³/mol. The van der Waals surface area contributed by atoms with Gasteiger partial charge in [0, 0.05) is 19.5 Å². The van der Waals surface area contributed by atoms with Gasteiger partial charge in [0.15, 0.2) is 11.5 Å². The maximum absolute atomic E-state index is 12.4. The van der Waals surface area contributed by atoms with Gasteiger partial charge in [0.2, 0.25) is 5.91 Å². The number of nitrogens with zero attached hydrogens (tertiary/aromatic N) is 4. The first-order valence-corrected chi connectivity index (χ1v) is 9.24. The van der Waals surface area contributed by atoms with Crippen molar-refractivity contribution in [3.05, 3.63) is 36.9 Å². The molecule has 1 aliphatic rings. The highest BCUT2D eigenvalue weighted by Gasteiger charge is 2.23. The van der Waals surface area contributed by atoms with E-state index in [1.54, 1.807) is 12.7 Å². The number of carbonyl (C=O) groups excluding carboxylic acids is 1. The highest BCUT2D eigenvalue weighted by Crippen LogP contribution is 2.26. The molecule has 7 nitrogen and oxygen atoms in total. The Bertz CT molecular complexity index is 682. The molecule has 0 radical (unpaired) electrons. The molecule has 0 aliphatic carbocycles. The average molecular weight is 358 g/mol. The Hall–Kier alpha value is -2.57. The summed E-state index contributed by atoms with van der Waals surface area (Å²) in [6.07, 6.45) is 6.36. The van der Waals surface area contributed by atoms with Crippen LogP contribution in [0.5, 0.6) is 11.5 Å². The molecule has 0 unspecified atom stereocenters. The van der Waals surface area contributed by atoms with Gasteiger partial charge in [-0.05, 0) is 38.3 Å². The van der Waals surface area contributed by atoms with E-state index in [4.69, 9.17) is 9.47 Å². The molecule has 0 atom stereocenters. The summed E-state index contributed by atoms with van der Waals surface area (Å²) in [6, 6.07) is 7.97. The van der Waals surface area contributed by atoms with E-state index in [1.165, 1.54) is 0 Å². The fourth-order valence-electron chi connectivity index (χ4n) is 3.19. The first-order valence-electron chi connectivity index (χ1n) is 9.24. The molecule has 0 saturated carbocycles. The summed E-state index contributed by atoms with van der Waals surface area (Å²) < 4.78 is 13.2. The van der Waals surface area contributed by atoms with Crippen molar-refractivity contribution in [1.82, 2.24) is 19.7 Å². The smallest absolute Gasteiger partial charge is 0.222 e. The highest BCUT2D eigenvalue weighted by atomic mass is 16.5. The minimum absolute atomic E-state index is 0.198. The van der Waals surface area contributed by atoms with Crippen molar-refractivity contribution in [2.24, 2.45) is 0 Å². The van der Waals surface area contributed by atoms with E-state index in [-0.39, 0.29) is 5.91 Å². The van der Waals surface area contributed by atoms with Crippen LogP contribution in [0.1, 0.15) is 38.6 Å². The van der Waals surface area contributed by atoms with E-state index in [1.807, 2.05) is 40.8 Å². The zero-order valence-corrected chi connectivity index (χ0v) is 15.2. The number of aromatic nitrogens is 3. The molecule has 1 aromatic heterocycles. The number of piperidine rings is 1. The molecule has 1 aliphatic heterocycles.